The summed E-state index contributed by atoms with van der Waals surface area (Å²) in [5, 5.41) is 10.2. The maximum absolute atomic E-state index is 11.3. The van der Waals surface area contributed by atoms with E-state index in [1.807, 2.05) is 0 Å². The Kier molecular flexibility index (Phi) is 2.36. The lowest BCUT2D eigenvalue weighted by atomic mass is 10.3. The number of fused-ring (bicyclic) bond motifs is 1. The van der Waals surface area contributed by atoms with Gasteiger partial charge in [-0.3, -0.25) is 0 Å². The summed E-state index contributed by atoms with van der Waals surface area (Å²) < 4.78 is 15.0. The maximum atomic E-state index is 11.3. The van der Waals surface area contributed by atoms with Gasteiger partial charge in [-0.2, -0.15) is 5.11 Å². The Morgan fingerprint density at radius 3 is 2.83 bits per heavy atom. The fourth-order valence-corrected chi connectivity index (χ4v) is 1.54. The molecule has 1 aliphatic heterocycles. The van der Waals surface area contributed by atoms with Crippen molar-refractivity contribution in [2.24, 2.45) is 10.2 Å². The fourth-order valence-electron chi connectivity index (χ4n) is 1.54. The first-order valence-corrected chi connectivity index (χ1v) is 5.23. The van der Waals surface area contributed by atoms with Gasteiger partial charge in [-0.1, -0.05) is 0 Å². The maximum Gasteiger partial charge on any atom is 0.384 e. The predicted octanol–water partition coefficient (Wildman–Crippen LogP) is 2.42. The average Bonchev–Trinajstić information content (AvgIpc) is 2.94. The van der Waals surface area contributed by atoms with E-state index in [2.05, 4.69) is 19.9 Å². The third kappa shape index (κ3) is 1.75. The summed E-state index contributed by atoms with van der Waals surface area (Å²) >= 11 is 0. The Morgan fingerprint density at radius 1 is 1.22 bits per heavy atom. The van der Waals surface area contributed by atoms with Crippen LogP contribution in [0.2, 0.25) is 0 Å². The minimum absolute atomic E-state index is 0.160. The lowest BCUT2D eigenvalue weighted by molar-refractivity contribution is 0.174. The number of aromatic nitrogens is 1. The number of hydrogen-bond acceptors (Lipinski definition) is 6. The van der Waals surface area contributed by atoms with Crippen molar-refractivity contribution in [2.45, 2.75) is 6.92 Å². The molecule has 0 unspecified atom stereocenters. The number of rotatable bonds is 2. The van der Waals surface area contributed by atoms with Crippen LogP contribution in [-0.2, 0) is 0 Å². The fraction of sp³-hybridized carbons (Fsp3) is 0.182. The summed E-state index contributed by atoms with van der Waals surface area (Å²) in [6.45, 7) is 1.88. The summed E-state index contributed by atoms with van der Waals surface area (Å²) in [6.07, 6.45) is 0. The number of hydrogen-bond donors (Lipinski definition) is 1. The monoisotopic (exact) mass is 247 g/mol. The van der Waals surface area contributed by atoms with Gasteiger partial charge in [0.15, 0.2) is 17.2 Å². The van der Waals surface area contributed by atoms with Crippen molar-refractivity contribution in [3.05, 3.63) is 34.3 Å². The largest absolute Gasteiger partial charge is 0.454 e. The van der Waals surface area contributed by atoms with Gasteiger partial charge < -0.3 is 14.0 Å². The summed E-state index contributed by atoms with van der Waals surface area (Å²) in [4.78, 5) is 11.3. The zero-order valence-electron chi connectivity index (χ0n) is 9.47. The van der Waals surface area contributed by atoms with E-state index in [1.165, 1.54) is 0 Å². The van der Waals surface area contributed by atoms with Crippen LogP contribution in [0.1, 0.15) is 5.69 Å². The number of aryl methyl sites for hydroxylation is 1. The van der Waals surface area contributed by atoms with Gasteiger partial charge >= 0.3 is 5.63 Å². The average molecular weight is 247 g/mol. The molecule has 0 atom stereocenters. The molecule has 0 fully saturated rings. The van der Waals surface area contributed by atoms with Gasteiger partial charge in [-0.05, 0) is 19.1 Å². The lowest BCUT2D eigenvalue weighted by Crippen LogP contribution is -1.92. The molecule has 0 spiro atoms. The number of ether oxygens (including phenoxy) is 2. The number of aromatic amines is 1. The SMILES string of the molecule is Cc1[nH]oc(=O)c1N=Nc1ccc2c(c1)OCO2. The van der Waals surface area contributed by atoms with Crippen LogP contribution < -0.4 is 15.1 Å². The van der Waals surface area contributed by atoms with Crippen molar-refractivity contribution >= 4 is 11.4 Å². The molecule has 0 saturated heterocycles. The number of nitrogens with one attached hydrogen (secondary N) is 1. The molecule has 1 aliphatic rings. The van der Waals surface area contributed by atoms with Gasteiger partial charge in [0.05, 0.1) is 11.4 Å². The van der Waals surface area contributed by atoms with E-state index in [-0.39, 0.29) is 12.5 Å². The molecule has 2 heterocycles. The molecule has 1 aromatic heterocycles. The molecule has 2 aromatic rings. The molecule has 0 amide bonds. The molecule has 7 heteroatoms. The zero-order valence-corrected chi connectivity index (χ0v) is 9.47. The predicted molar refractivity (Wildman–Crippen MR) is 60.8 cm³/mol. The zero-order chi connectivity index (χ0) is 12.5. The van der Waals surface area contributed by atoms with Gasteiger partial charge in [0.25, 0.3) is 0 Å². The molecule has 18 heavy (non-hydrogen) atoms. The minimum Gasteiger partial charge on any atom is -0.454 e. The first kappa shape index (κ1) is 10.6. The Labute approximate surface area is 101 Å². The topological polar surface area (TPSA) is 89.2 Å². The highest BCUT2D eigenvalue weighted by molar-refractivity contribution is 5.52. The van der Waals surface area contributed by atoms with Crippen molar-refractivity contribution in [1.82, 2.24) is 5.16 Å². The quantitative estimate of drug-likeness (QED) is 0.825. The third-order valence-corrected chi connectivity index (χ3v) is 2.47. The molecule has 0 bridgehead atoms. The lowest BCUT2D eigenvalue weighted by Gasteiger charge is -1.95. The Bertz CT molecular complexity index is 671. The van der Waals surface area contributed by atoms with E-state index in [0.717, 1.165) is 0 Å². The van der Waals surface area contributed by atoms with E-state index in [4.69, 9.17) is 9.47 Å². The summed E-state index contributed by atoms with van der Waals surface area (Å²) in [5.41, 5.74) is 0.716. The number of benzene rings is 1. The standard InChI is InChI=1S/C11H9N3O4/c1-6-10(11(15)18-14-6)13-12-7-2-3-8-9(4-7)17-5-16-8/h2-4,14H,5H2,1H3. The van der Waals surface area contributed by atoms with Crippen LogP contribution in [0.5, 0.6) is 11.5 Å². The second kappa shape index (κ2) is 4.02. The molecule has 1 aromatic carbocycles. The van der Waals surface area contributed by atoms with Gasteiger partial charge in [0.1, 0.15) is 0 Å². The van der Waals surface area contributed by atoms with E-state index in [1.54, 1.807) is 25.1 Å². The van der Waals surface area contributed by atoms with Crippen molar-refractivity contribution in [3.8, 4) is 11.5 Å². The van der Waals surface area contributed by atoms with Gasteiger partial charge in [-0.25, -0.2) is 9.95 Å². The summed E-state index contributed by atoms with van der Waals surface area (Å²) in [6, 6.07) is 5.15. The van der Waals surface area contributed by atoms with Gasteiger partial charge in [0.2, 0.25) is 6.79 Å². The highest BCUT2D eigenvalue weighted by atomic mass is 16.7. The number of nitrogens with zero attached hydrogens (tertiary/aromatic N) is 2. The molecule has 7 nitrogen and oxygen atoms in total. The third-order valence-electron chi connectivity index (χ3n) is 2.47. The summed E-state index contributed by atoms with van der Waals surface area (Å²) in [7, 11) is 0. The highest BCUT2D eigenvalue weighted by Gasteiger charge is 2.13. The van der Waals surface area contributed by atoms with Crippen LogP contribution >= 0.6 is 0 Å². The Balaban J connectivity index is 1.91. The molecule has 92 valence electrons. The Morgan fingerprint density at radius 2 is 2.06 bits per heavy atom. The normalized spacial score (nSPS) is 13.4. The van der Waals surface area contributed by atoms with Crippen LogP contribution in [0, 0.1) is 6.92 Å². The van der Waals surface area contributed by atoms with E-state index < -0.39 is 5.63 Å². The minimum atomic E-state index is -0.544. The van der Waals surface area contributed by atoms with Crippen LogP contribution in [0.4, 0.5) is 11.4 Å². The molecule has 0 radical (unpaired) electrons. The van der Waals surface area contributed by atoms with Crippen LogP contribution in [0.3, 0.4) is 0 Å². The molecular formula is C11H9N3O4. The van der Waals surface area contributed by atoms with E-state index in [9.17, 15) is 4.79 Å². The second-order valence-electron chi connectivity index (χ2n) is 3.70. The van der Waals surface area contributed by atoms with Crippen molar-refractivity contribution in [3.63, 3.8) is 0 Å². The van der Waals surface area contributed by atoms with Crippen molar-refractivity contribution in [2.75, 3.05) is 6.79 Å². The second-order valence-corrected chi connectivity index (χ2v) is 3.70. The van der Waals surface area contributed by atoms with Crippen molar-refractivity contribution in [1.29, 1.82) is 0 Å². The van der Waals surface area contributed by atoms with Gasteiger partial charge in [-0.15, -0.1) is 5.11 Å². The van der Waals surface area contributed by atoms with Crippen molar-refractivity contribution < 1.29 is 14.0 Å². The number of azo groups is 1. The molecule has 1 N–H and O–H groups in total. The smallest absolute Gasteiger partial charge is 0.384 e. The van der Waals surface area contributed by atoms with E-state index >= 15 is 0 Å². The first-order chi connectivity index (χ1) is 8.74. The van der Waals surface area contributed by atoms with Crippen LogP contribution in [-0.4, -0.2) is 11.9 Å². The van der Waals surface area contributed by atoms with E-state index in [0.29, 0.717) is 22.9 Å². The summed E-state index contributed by atoms with van der Waals surface area (Å²) in [5.74, 6) is 1.29. The van der Waals surface area contributed by atoms with Gasteiger partial charge in [0, 0.05) is 6.07 Å². The number of H-pyrrole nitrogens is 1. The molecule has 0 aliphatic carbocycles. The van der Waals surface area contributed by atoms with Crippen LogP contribution in [0.25, 0.3) is 0 Å². The first-order valence-electron chi connectivity index (χ1n) is 5.23. The Hall–Kier alpha value is -2.57. The molecule has 3 rings (SSSR count). The highest BCUT2D eigenvalue weighted by Crippen LogP contribution is 2.35. The van der Waals surface area contributed by atoms with Crippen LogP contribution in [0.15, 0.2) is 37.7 Å². The molecule has 0 saturated carbocycles. The molecular weight excluding hydrogens is 238 g/mol.